The fourth-order valence-corrected chi connectivity index (χ4v) is 7.23. The highest BCUT2D eigenvalue weighted by molar-refractivity contribution is 5.92. The number of allylic oxidation sites excluding steroid dienone is 3. The molecule has 1 saturated carbocycles. The second-order valence-electron chi connectivity index (χ2n) is 11.5. The maximum Gasteiger partial charge on any atom is 0.244 e. The van der Waals surface area contributed by atoms with Crippen LogP contribution in [-0.4, -0.2) is 42.5 Å². The molecule has 2 aliphatic carbocycles. The molecule has 0 bridgehead atoms. The average molecular weight is 538 g/mol. The van der Waals surface area contributed by atoms with Gasteiger partial charge in [-0.15, -0.1) is 0 Å². The van der Waals surface area contributed by atoms with E-state index in [1.165, 1.54) is 5.56 Å². The third kappa shape index (κ3) is 5.32. The van der Waals surface area contributed by atoms with Crippen molar-refractivity contribution in [2.45, 2.75) is 56.7 Å². The lowest BCUT2D eigenvalue weighted by Crippen LogP contribution is -2.50. The van der Waals surface area contributed by atoms with Crippen LogP contribution in [0.3, 0.4) is 0 Å². The first-order valence-electron chi connectivity index (χ1n) is 14.7. The highest BCUT2D eigenvalue weighted by Gasteiger charge is 2.49. The lowest BCUT2D eigenvalue weighted by molar-refractivity contribution is -0.139. The van der Waals surface area contributed by atoms with Gasteiger partial charge in [0.15, 0.2) is 0 Å². The molecule has 0 aromatic heterocycles. The number of fused-ring (bicyclic) bond motifs is 3. The van der Waals surface area contributed by atoms with Crippen molar-refractivity contribution in [3.8, 4) is 5.75 Å². The van der Waals surface area contributed by atoms with E-state index in [0.717, 1.165) is 62.1 Å². The fourth-order valence-electron chi connectivity index (χ4n) is 7.23. The van der Waals surface area contributed by atoms with Crippen LogP contribution in [0.4, 0.5) is 5.69 Å². The summed E-state index contributed by atoms with van der Waals surface area (Å²) in [5.41, 5.74) is 3.30. The number of para-hydroxylation sites is 1. The van der Waals surface area contributed by atoms with Gasteiger partial charge in [0.2, 0.25) is 11.8 Å². The molecule has 0 radical (unpaired) electrons. The Morgan fingerprint density at radius 3 is 2.65 bits per heavy atom. The smallest absolute Gasteiger partial charge is 0.244 e. The Labute approximate surface area is 237 Å². The van der Waals surface area contributed by atoms with E-state index in [9.17, 15) is 9.59 Å². The second-order valence-corrected chi connectivity index (χ2v) is 11.5. The molecule has 6 rings (SSSR count). The minimum Gasteiger partial charge on any atom is -0.497 e. The van der Waals surface area contributed by atoms with Crippen molar-refractivity contribution in [3.63, 3.8) is 0 Å². The highest BCUT2D eigenvalue weighted by Crippen LogP contribution is 2.49. The minimum atomic E-state index is -0.191. The van der Waals surface area contributed by atoms with Crippen LogP contribution in [0.25, 0.3) is 6.08 Å². The quantitative estimate of drug-likeness (QED) is 0.450. The first-order chi connectivity index (χ1) is 19.6. The van der Waals surface area contributed by atoms with Gasteiger partial charge < -0.3 is 20.3 Å². The van der Waals surface area contributed by atoms with Crippen LogP contribution in [-0.2, 0) is 9.59 Å². The number of nitrogens with one attached hydrogen (secondary N) is 2. The molecule has 4 aliphatic rings. The molecular formula is C34H39N3O3. The maximum atomic E-state index is 14.3. The van der Waals surface area contributed by atoms with Crippen LogP contribution >= 0.6 is 0 Å². The molecule has 2 aromatic rings. The summed E-state index contributed by atoms with van der Waals surface area (Å²) < 4.78 is 5.21. The SMILES string of the molecule is COc1ccc(/C=C/C(=O)N[C@@H]2CCCC[C@@H]2C(=O)N2CC[C@@H]3[C@H](C4C=CC=CC4)Nc4ccccc4[C@@H]32)cc1. The molecule has 6 heteroatoms. The zero-order valence-corrected chi connectivity index (χ0v) is 23.2. The Hall–Kier alpha value is -3.80. The van der Waals surface area contributed by atoms with E-state index in [1.54, 1.807) is 19.3 Å². The summed E-state index contributed by atoms with van der Waals surface area (Å²) in [6.45, 7) is 0.765. The fraction of sp³-hybridized carbons (Fsp3) is 0.412. The number of amides is 2. The van der Waals surface area contributed by atoms with Crippen molar-refractivity contribution < 1.29 is 14.3 Å². The summed E-state index contributed by atoms with van der Waals surface area (Å²) in [6, 6.07) is 16.3. The van der Waals surface area contributed by atoms with Crippen LogP contribution in [0.5, 0.6) is 5.75 Å². The van der Waals surface area contributed by atoms with Gasteiger partial charge in [-0.25, -0.2) is 0 Å². The number of hydrogen-bond donors (Lipinski definition) is 2. The monoisotopic (exact) mass is 537 g/mol. The van der Waals surface area contributed by atoms with Crippen molar-refractivity contribution in [2.75, 3.05) is 19.0 Å². The normalized spacial score (nSPS) is 29.0. The first-order valence-corrected chi connectivity index (χ1v) is 14.7. The minimum absolute atomic E-state index is 0.0718. The molecule has 208 valence electrons. The summed E-state index contributed by atoms with van der Waals surface area (Å²) in [6.07, 6.45) is 17.9. The lowest BCUT2D eigenvalue weighted by Gasteiger charge is -2.44. The first kappa shape index (κ1) is 26.4. The Balaban J connectivity index is 1.19. The Bertz CT molecular complexity index is 1310. The van der Waals surface area contributed by atoms with Gasteiger partial charge in [0.05, 0.1) is 19.1 Å². The number of methoxy groups -OCH3 is 1. The zero-order chi connectivity index (χ0) is 27.5. The maximum absolute atomic E-state index is 14.3. The number of carbonyl (C=O) groups excluding carboxylic acids is 2. The predicted molar refractivity (Wildman–Crippen MR) is 159 cm³/mol. The number of nitrogens with zero attached hydrogens (tertiary/aromatic N) is 1. The number of benzene rings is 2. The van der Waals surface area contributed by atoms with Crippen LogP contribution in [0.2, 0.25) is 0 Å². The zero-order valence-electron chi connectivity index (χ0n) is 23.2. The topological polar surface area (TPSA) is 70.7 Å². The third-order valence-electron chi connectivity index (χ3n) is 9.22. The standard InChI is InChI=1S/C34H39N3O3/c1-40-25-18-15-23(16-19-25)17-20-31(38)35-30-14-8-6-12-27(30)34(39)37-22-21-28-32(24-9-3-2-4-10-24)36-29-13-7-5-11-26(29)33(28)37/h2-5,7,9,11,13,15-20,24,27-28,30,32-33,36H,6,8,10,12,14,21-22H2,1H3,(H,35,38)/b20-17+/t24?,27-,28+,30+,32-,33-/m0/s1. The number of anilines is 1. The lowest BCUT2D eigenvalue weighted by atomic mass is 9.75. The summed E-state index contributed by atoms with van der Waals surface area (Å²) in [5, 5.41) is 7.04. The third-order valence-corrected chi connectivity index (χ3v) is 9.22. The van der Waals surface area contributed by atoms with Gasteiger partial charge in [0.1, 0.15) is 5.75 Å². The van der Waals surface area contributed by atoms with Gasteiger partial charge in [-0.3, -0.25) is 9.59 Å². The Morgan fingerprint density at radius 2 is 1.85 bits per heavy atom. The molecule has 2 aromatic carbocycles. The summed E-state index contributed by atoms with van der Waals surface area (Å²) in [5.74, 6) is 1.42. The van der Waals surface area contributed by atoms with Gasteiger partial charge in [-0.05, 0) is 61.1 Å². The van der Waals surface area contributed by atoms with E-state index < -0.39 is 0 Å². The van der Waals surface area contributed by atoms with Crippen LogP contribution in [0.15, 0.2) is 78.9 Å². The van der Waals surface area contributed by atoms with Crippen molar-refractivity contribution >= 4 is 23.6 Å². The number of carbonyl (C=O) groups is 2. The second kappa shape index (κ2) is 11.7. The largest absolute Gasteiger partial charge is 0.497 e. The van der Waals surface area contributed by atoms with E-state index in [-0.39, 0.29) is 29.8 Å². The molecule has 2 heterocycles. The van der Waals surface area contributed by atoms with Gasteiger partial charge >= 0.3 is 0 Å². The number of ether oxygens (including phenoxy) is 1. The van der Waals surface area contributed by atoms with Gasteiger partial charge in [0.25, 0.3) is 0 Å². The van der Waals surface area contributed by atoms with E-state index in [1.807, 2.05) is 24.3 Å². The van der Waals surface area contributed by atoms with Crippen molar-refractivity contribution in [1.82, 2.24) is 10.2 Å². The molecule has 1 saturated heterocycles. The van der Waals surface area contributed by atoms with E-state index in [2.05, 4.69) is 64.1 Å². The van der Waals surface area contributed by atoms with Gasteiger partial charge in [-0.1, -0.05) is 67.5 Å². The molecule has 40 heavy (non-hydrogen) atoms. The Morgan fingerprint density at radius 1 is 1.02 bits per heavy atom. The molecule has 2 fully saturated rings. The van der Waals surface area contributed by atoms with Gasteiger partial charge in [0, 0.05) is 42.2 Å². The van der Waals surface area contributed by atoms with Crippen molar-refractivity contribution in [1.29, 1.82) is 0 Å². The average Bonchev–Trinajstić information content (AvgIpc) is 3.46. The highest BCUT2D eigenvalue weighted by atomic mass is 16.5. The molecule has 6 atom stereocenters. The molecule has 2 aliphatic heterocycles. The molecule has 2 N–H and O–H groups in total. The predicted octanol–water partition coefficient (Wildman–Crippen LogP) is 5.90. The molecule has 0 spiro atoms. The van der Waals surface area contributed by atoms with Crippen molar-refractivity contribution in [3.05, 3.63) is 90.0 Å². The summed E-state index contributed by atoms with van der Waals surface area (Å²) >= 11 is 0. The number of hydrogen-bond acceptors (Lipinski definition) is 4. The van der Waals surface area contributed by atoms with Gasteiger partial charge in [-0.2, -0.15) is 0 Å². The molecule has 6 nitrogen and oxygen atoms in total. The Kier molecular flexibility index (Phi) is 7.76. The molecule has 1 unspecified atom stereocenters. The molecule has 2 amide bonds. The van der Waals surface area contributed by atoms with E-state index in [4.69, 9.17) is 4.74 Å². The number of rotatable bonds is 6. The summed E-state index contributed by atoms with van der Waals surface area (Å²) in [7, 11) is 1.64. The number of likely N-dealkylation sites (tertiary alicyclic amines) is 1. The van der Waals surface area contributed by atoms with Crippen LogP contribution < -0.4 is 15.4 Å². The van der Waals surface area contributed by atoms with E-state index in [0.29, 0.717) is 17.9 Å². The molecular weight excluding hydrogens is 498 g/mol. The van der Waals surface area contributed by atoms with Crippen molar-refractivity contribution in [2.24, 2.45) is 17.8 Å². The van der Waals surface area contributed by atoms with E-state index >= 15 is 0 Å². The van der Waals surface area contributed by atoms with Crippen LogP contribution in [0.1, 0.15) is 55.7 Å². The van der Waals surface area contributed by atoms with Crippen LogP contribution in [0, 0.1) is 17.8 Å². The summed E-state index contributed by atoms with van der Waals surface area (Å²) in [4.78, 5) is 29.4.